The van der Waals surface area contributed by atoms with Crippen LogP contribution < -0.4 is 5.32 Å². The van der Waals surface area contributed by atoms with Crippen LogP contribution in [-0.2, 0) is 0 Å². The highest BCUT2D eigenvalue weighted by Crippen LogP contribution is 2.33. The number of anilines is 1. The normalized spacial score (nSPS) is 12.0. The Morgan fingerprint density at radius 2 is 1.73 bits per heavy atom. The van der Waals surface area contributed by atoms with Crippen molar-refractivity contribution < 1.29 is 9.90 Å². The van der Waals surface area contributed by atoms with Gasteiger partial charge in [-0.25, -0.2) is 0 Å². The number of benzene rings is 2. The predicted octanol–water partition coefficient (Wildman–Crippen LogP) is 5.46. The van der Waals surface area contributed by atoms with Gasteiger partial charge in [-0.1, -0.05) is 49.2 Å². The van der Waals surface area contributed by atoms with Crippen LogP contribution in [0.1, 0.15) is 42.1 Å². The van der Waals surface area contributed by atoms with Gasteiger partial charge in [-0.05, 0) is 42.2 Å². The fraction of sp³-hybridized carbons (Fsp3) is 0.235. The van der Waals surface area contributed by atoms with Crippen LogP contribution >= 0.6 is 23.2 Å². The molecule has 0 saturated carbocycles. The number of phenols is 1. The van der Waals surface area contributed by atoms with Gasteiger partial charge >= 0.3 is 0 Å². The van der Waals surface area contributed by atoms with Crippen LogP contribution in [0.15, 0.2) is 36.4 Å². The number of hydrogen-bond acceptors (Lipinski definition) is 2. The molecule has 116 valence electrons. The molecular weight excluding hydrogens is 321 g/mol. The first-order chi connectivity index (χ1) is 10.4. The molecule has 3 nitrogen and oxygen atoms in total. The van der Waals surface area contributed by atoms with Gasteiger partial charge < -0.3 is 10.4 Å². The molecule has 2 rings (SSSR count). The van der Waals surface area contributed by atoms with Crippen molar-refractivity contribution in [1.29, 1.82) is 0 Å². The molecule has 0 heterocycles. The predicted molar refractivity (Wildman–Crippen MR) is 91.2 cm³/mol. The lowest BCUT2D eigenvalue weighted by Gasteiger charge is -2.11. The van der Waals surface area contributed by atoms with E-state index in [1.54, 1.807) is 0 Å². The Labute approximate surface area is 139 Å². The molecule has 0 radical (unpaired) electrons. The molecule has 1 amide bonds. The number of nitrogens with one attached hydrogen (secondary N) is 1. The van der Waals surface area contributed by atoms with Gasteiger partial charge in [0.05, 0.1) is 10.0 Å². The lowest BCUT2D eigenvalue weighted by molar-refractivity contribution is 0.102. The molecule has 0 aliphatic carbocycles. The summed E-state index contributed by atoms with van der Waals surface area (Å²) in [6.45, 7) is 4.30. The maximum atomic E-state index is 12.2. The molecule has 0 saturated heterocycles. The molecule has 0 fully saturated rings. The van der Waals surface area contributed by atoms with Gasteiger partial charge in [-0.2, -0.15) is 0 Å². The average Bonchev–Trinajstić information content (AvgIpc) is 2.52. The van der Waals surface area contributed by atoms with Gasteiger partial charge in [0.1, 0.15) is 0 Å². The SMILES string of the molecule is CC[C@@H](C)c1ccc(NC(=O)c2cc(Cl)c(O)c(Cl)c2)cc1. The van der Waals surface area contributed by atoms with Gasteiger partial charge in [-0.3, -0.25) is 4.79 Å². The lowest BCUT2D eigenvalue weighted by Crippen LogP contribution is -2.12. The van der Waals surface area contributed by atoms with E-state index in [4.69, 9.17) is 23.2 Å². The van der Waals surface area contributed by atoms with Crippen molar-refractivity contribution in [2.75, 3.05) is 5.32 Å². The molecular formula is C17H17Cl2NO2. The monoisotopic (exact) mass is 337 g/mol. The largest absolute Gasteiger partial charge is 0.505 e. The zero-order chi connectivity index (χ0) is 16.3. The number of hydrogen-bond donors (Lipinski definition) is 2. The van der Waals surface area contributed by atoms with Crippen molar-refractivity contribution in [2.24, 2.45) is 0 Å². The van der Waals surface area contributed by atoms with E-state index in [9.17, 15) is 9.90 Å². The van der Waals surface area contributed by atoms with E-state index >= 15 is 0 Å². The Morgan fingerprint density at radius 1 is 1.18 bits per heavy atom. The Kier molecular flexibility index (Phi) is 5.33. The van der Waals surface area contributed by atoms with Crippen molar-refractivity contribution in [2.45, 2.75) is 26.2 Å². The summed E-state index contributed by atoms with van der Waals surface area (Å²) in [5.41, 5.74) is 2.22. The van der Waals surface area contributed by atoms with Crippen molar-refractivity contribution >= 4 is 34.8 Å². The summed E-state index contributed by atoms with van der Waals surface area (Å²) in [5, 5.41) is 12.4. The number of aromatic hydroxyl groups is 1. The Hall–Kier alpha value is -1.71. The van der Waals surface area contributed by atoms with Gasteiger partial charge in [0.25, 0.3) is 5.91 Å². The molecule has 0 bridgehead atoms. The molecule has 2 aromatic rings. The maximum absolute atomic E-state index is 12.2. The molecule has 22 heavy (non-hydrogen) atoms. The second-order valence-corrected chi connectivity index (χ2v) is 5.99. The minimum absolute atomic E-state index is 0.0461. The van der Waals surface area contributed by atoms with E-state index in [-0.39, 0.29) is 21.7 Å². The second-order valence-electron chi connectivity index (χ2n) is 5.17. The van der Waals surface area contributed by atoms with Crippen molar-refractivity contribution in [3.8, 4) is 5.75 Å². The third-order valence-corrected chi connectivity index (χ3v) is 4.21. The summed E-state index contributed by atoms with van der Waals surface area (Å²) in [7, 11) is 0. The molecule has 5 heteroatoms. The molecule has 0 spiro atoms. The van der Waals surface area contributed by atoms with E-state index in [2.05, 4.69) is 19.2 Å². The van der Waals surface area contributed by atoms with Crippen LogP contribution in [0.5, 0.6) is 5.75 Å². The molecule has 2 N–H and O–H groups in total. The summed E-state index contributed by atoms with van der Waals surface area (Å²) < 4.78 is 0. The highest BCUT2D eigenvalue weighted by Gasteiger charge is 2.13. The number of amides is 1. The van der Waals surface area contributed by atoms with E-state index in [0.717, 1.165) is 6.42 Å². The Bertz CT molecular complexity index is 661. The van der Waals surface area contributed by atoms with Crippen LogP contribution in [0, 0.1) is 0 Å². The van der Waals surface area contributed by atoms with Crippen LogP contribution in [0.4, 0.5) is 5.69 Å². The number of carbonyl (C=O) groups is 1. The highest BCUT2D eigenvalue weighted by atomic mass is 35.5. The fourth-order valence-corrected chi connectivity index (χ4v) is 2.52. The first-order valence-corrected chi connectivity index (χ1v) is 7.77. The van der Waals surface area contributed by atoms with Gasteiger partial charge in [0, 0.05) is 11.3 Å². The smallest absolute Gasteiger partial charge is 0.255 e. The molecule has 0 aliphatic rings. The fourth-order valence-electron chi connectivity index (χ4n) is 2.03. The van der Waals surface area contributed by atoms with E-state index in [0.29, 0.717) is 17.2 Å². The highest BCUT2D eigenvalue weighted by molar-refractivity contribution is 6.37. The molecule has 0 aromatic heterocycles. The van der Waals surface area contributed by atoms with Crippen molar-refractivity contribution in [3.63, 3.8) is 0 Å². The minimum Gasteiger partial charge on any atom is -0.505 e. The molecule has 2 aromatic carbocycles. The van der Waals surface area contributed by atoms with Crippen LogP contribution in [0.3, 0.4) is 0 Å². The summed E-state index contributed by atoms with van der Waals surface area (Å²) in [4.78, 5) is 12.2. The topological polar surface area (TPSA) is 49.3 Å². The van der Waals surface area contributed by atoms with Crippen LogP contribution in [0.2, 0.25) is 10.0 Å². The van der Waals surface area contributed by atoms with Gasteiger partial charge in [-0.15, -0.1) is 0 Å². The second kappa shape index (κ2) is 7.03. The molecule has 1 atom stereocenters. The summed E-state index contributed by atoms with van der Waals surface area (Å²) in [6, 6.07) is 10.5. The third-order valence-electron chi connectivity index (χ3n) is 3.63. The number of rotatable bonds is 4. The first-order valence-electron chi connectivity index (χ1n) is 7.01. The average molecular weight is 338 g/mol. The summed E-state index contributed by atoms with van der Waals surface area (Å²) in [6.07, 6.45) is 1.07. The Morgan fingerprint density at radius 3 is 2.23 bits per heavy atom. The van der Waals surface area contributed by atoms with Gasteiger partial charge in [0.15, 0.2) is 5.75 Å². The maximum Gasteiger partial charge on any atom is 0.255 e. The Balaban J connectivity index is 2.15. The minimum atomic E-state index is -0.333. The standard InChI is InChI=1S/C17H17Cl2NO2/c1-3-10(2)11-4-6-13(7-5-11)20-17(22)12-8-14(18)16(21)15(19)9-12/h4-10,21H,3H2,1-2H3,(H,20,22)/t10-/m1/s1. The summed E-state index contributed by atoms with van der Waals surface area (Å²) >= 11 is 11.6. The number of phenolic OH excluding ortho intramolecular Hbond substituents is 1. The van der Waals surface area contributed by atoms with Crippen molar-refractivity contribution in [1.82, 2.24) is 0 Å². The van der Waals surface area contributed by atoms with Gasteiger partial charge in [0.2, 0.25) is 0 Å². The first kappa shape index (κ1) is 16.7. The van der Waals surface area contributed by atoms with Crippen LogP contribution in [-0.4, -0.2) is 11.0 Å². The zero-order valence-electron chi connectivity index (χ0n) is 12.4. The lowest BCUT2D eigenvalue weighted by atomic mass is 9.98. The van der Waals surface area contributed by atoms with Crippen molar-refractivity contribution in [3.05, 3.63) is 57.6 Å². The third kappa shape index (κ3) is 3.73. The number of carbonyl (C=O) groups excluding carboxylic acids is 1. The van der Waals surface area contributed by atoms with Crippen LogP contribution in [0.25, 0.3) is 0 Å². The van der Waals surface area contributed by atoms with E-state index < -0.39 is 0 Å². The quantitative estimate of drug-likeness (QED) is 0.777. The number of halogens is 2. The molecule has 0 aliphatic heterocycles. The zero-order valence-corrected chi connectivity index (χ0v) is 13.9. The summed E-state index contributed by atoms with van der Waals surface area (Å²) in [5.74, 6) is -0.0719. The van der Waals surface area contributed by atoms with E-state index in [1.165, 1.54) is 17.7 Å². The molecule has 0 unspecified atom stereocenters. The van der Waals surface area contributed by atoms with E-state index in [1.807, 2.05) is 24.3 Å².